The lowest BCUT2D eigenvalue weighted by Gasteiger charge is -2.25. The second-order valence-electron chi connectivity index (χ2n) is 10.3. The van der Waals surface area contributed by atoms with Gasteiger partial charge in [0.25, 0.3) is 5.69 Å². The Bertz CT molecular complexity index is 1690. The van der Waals surface area contributed by atoms with E-state index in [1.807, 2.05) is 12.1 Å². The van der Waals surface area contributed by atoms with Crippen molar-refractivity contribution < 1.29 is 42.2 Å². The Morgan fingerprint density at radius 1 is 1.14 bits per heavy atom. The number of carbonyl (C=O) groups excluding carboxylic acids is 1. The van der Waals surface area contributed by atoms with Crippen molar-refractivity contribution in [2.75, 3.05) is 31.8 Å². The van der Waals surface area contributed by atoms with E-state index in [1.165, 1.54) is 28.9 Å². The Labute approximate surface area is 253 Å². The number of nitrogens with zero attached hydrogens (tertiary/aromatic N) is 4. The second kappa shape index (κ2) is 14.6. The molecule has 16 nitrogen and oxygen atoms in total. The van der Waals surface area contributed by atoms with E-state index < -0.39 is 39.1 Å². The minimum Gasteiger partial charge on any atom is -0.748 e. The molecule has 2 aromatic carbocycles. The number of carbonyl (C=O) groups is 1. The number of anilines is 1. The standard InChI is InChI=1S/C25H27N7O5.C2H6O4S/c1-25(2,18-8-10-19(11-9-18)32(34)35)37-24(33)30-23-28-21-20(26-15-27-21)22(29-23)36-14-17-7-5-6-16(12-17)13-31(3)4;3-1-2-7(4,5)6/h5-12,15H,13-14H2,1-4H3,(H2,26,27,28,29,30,33);3H,1-2H2,(H,4,5,6). The van der Waals surface area contributed by atoms with Crippen LogP contribution >= 0.6 is 0 Å². The molecule has 44 heavy (non-hydrogen) atoms. The lowest BCUT2D eigenvalue weighted by atomic mass is 9.98. The van der Waals surface area contributed by atoms with E-state index in [4.69, 9.17) is 14.6 Å². The highest BCUT2D eigenvalue weighted by Crippen LogP contribution is 2.28. The van der Waals surface area contributed by atoms with Crippen LogP contribution in [0.25, 0.3) is 11.2 Å². The quantitative estimate of drug-likeness (QED) is 0.105. The number of aliphatic hydroxyl groups excluding tert-OH is 1. The van der Waals surface area contributed by atoms with Gasteiger partial charge in [0.1, 0.15) is 24.3 Å². The van der Waals surface area contributed by atoms with Gasteiger partial charge in [-0.2, -0.15) is 9.97 Å². The number of aromatic nitrogens is 4. The molecule has 2 aromatic heterocycles. The number of nitrogens with one attached hydrogen (secondary N) is 3. The molecule has 0 atom stereocenters. The number of benzene rings is 2. The molecule has 0 saturated heterocycles. The largest absolute Gasteiger partial charge is 0.748 e. The van der Waals surface area contributed by atoms with Crippen molar-refractivity contribution in [3.63, 3.8) is 0 Å². The molecule has 4 aromatic rings. The minimum absolute atomic E-state index is 0.0379. The lowest BCUT2D eigenvalue weighted by molar-refractivity contribution is -0.872. The van der Waals surface area contributed by atoms with Gasteiger partial charge in [0, 0.05) is 17.7 Å². The molecule has 0 radical (unpaired) electrons. The zero-order valence-electron chi connectivity index (χ0n) is 24.4. The third kappa shape index (κ3) is 10.2. The second-order valence-corrected chi connectivity index (χ2v) is 11.8. The van der Waals surface area contributed by atoms with Gasteiger partial charge >= 0.3 is 6.09 Å². The zero-order valence-corrected chi connectivity index (χ0v) is 25.3. The lowest BCUT2D eigenvalue weighted by Crippen LogP contribution is -3.04. The van der Waals surface area contributed by atoms with Crippen LogP contribution in [0.3, 0.4) is 0 Å². The number of rotatable bonds is 11. The normalized spacial score (nSPS) is 11.5. The molecule has 1 amide bonds. The zero-order chi connectivity index (χ0) is 32.5. The van der Waals surface area contributed by atoms with Gasteiger partial charge in [-0.05, 0) is 43.2 Å². The summed E-state index contributed by atoms with van der Waals surface area (Å²) in [5.74, 6) is -0.493. The molecule has 0 aliphatic rings. The van der Waals surface area contributed by atoms with Crippen molar-refractivity contribution >= 4 is 39.0 Å². The molecule has 4 N–H and O–H groups in total. The highest BCUT2D eigenvalue weighted by Gasteiger charge is 2.27. The molecule has 4 rings (SSSR count). The van der Waals surface area contributed by atoms with E-state index in [2.05, 4.69) is 51.5 Å². The SMILES string of the molecule is C[NH+](C)Cc1cccc(COc2nc(NC(=O)OC(C)(C)c3ccc([N+](=O)[O-])cc3)nc3nc[nH]c23)c1.O=S(=O)([O-])CCO. The number of non-ortho nitro benzene ring substituents is 1. The molecule has 236 valence electrons. The Morgan fingerprint density at radius 2 is 1.82 bits per heavy atom. The summed E-state index contributed by atoms with van der Waals surface area (Å²) in [5.41, 5.74) is 2.44. The smallest absolute Gasteiger partial charge is 0.414 e. The summed E-state index contributed by atoms with van der Waals surface area (Å²) in [4.78, 5) is 40.1. The van der Waals surface area contributed by atoms with Crippen LogP contribution in [0.15, 0.2) is 54.9 Å². The monoisotopic (exact) mass is 631 g/mol. The summed E-state index contributed by atoms with van der Waals surface area (Å²) in [6, 6.07) is 13.9. The highest BCUT2D eigenvalue weighted by molar-refractivity contribution is 7.85. The van der Waals surface area contributed by atoms with Crippen molar-refractivity contribution in [3.8, 4) is 5.88 Å². The first-order valence-electron chi connectivity index (χ1n) is 13.2. The molecule has 0 saturated carbocycles. The first-order chi connectivity index (χ1) is 20.7. The first-order valence-corrected chi connectivity index (χ1v) is 14.7. The average molecular weight is 632 g/mol. The Hall–Kier alpha value is -4.71. The van der Waals surface area contributed by atoms with Crippen molar-refractivity contribution in [2.45, 2.75) is 32.6 Å². The fraction of sp³-hybridized carbons (Fsp3) is 0.333. The molecule has 0 unspecified atom stereocenters. The average Bonchev–Trinajstić information content (AvgIpc) is 3.40. The van der Waals surface area contributed by atoms with Crippen LogP contribution in [-0.2, 0) is 33.6 Å². The maximum absolute atomic E-state index is 12.7. The van der Waals surface area contributed by atoms with E-state index in [-0.39, 0.29) is 24.1 Å². The summed E-state index contributed by atoms with van der Waals surface area (Å²) in [6.45, 7) is 3.90. The van der Waals surface area contributed by atoms with Gasteiger partial charge < -0.3 is 29.0 Å². The van der Waals surface area contributed by atoms with Gasteiger partial charge in [-0.1, -0.05) is 18.2 Å². The molecule has 0 spiro atoms. The number of amides is 1. The maximum atomic E-state index is 12.7. The summed E-state index contributed by atoms with van der Waals surface area (Å²) in [6.07, 6.45) is 0.662. The van der Waals surface area contributed by atoms with E-state index >= 15 is 0 Å². The third-order valence-corrected chi connectivity index (χ3v) is 6.54. The summed E-state index contributed by atoms with van der Waals surface area (Å²) < 4.78 is 40.1. The summed E-state index contributed by atoms with van der Waals surface area (Å²) in [7, 11) is 0.00362. The van der Waals surface area contributed by atoms with Crippen LogP contribution < -0.4 is 15.0 Å². The number of fused-ring (bicyclic) bond motifs is 1. The first kappa shape index (κ1) is 33.8. The highest BCUT2D eigenvalue weighted by atomic mass is 32.2. The van der Waals surface area contributed by atoms with Crippen molar-refractivity contribution in [2.24, 2.45) is 0 Å². The Kier molecular flexibility index (Phi) is 11.2. The van der Waals surface area contributed by atoms with Crippen LogP contribution in [-0.4, -0.2) is 75.5 Å². The Balaban J connectivity index is 0.000000676. The maximum Gasteiger partial charge on any atom is 0.414 e. The molecule has 17 heteroatoms. The molecule has 0 aliphatic heterocycles. The molecule has 0 aliphatic carbocycles. The number of nitro groups is 1. The van der Waals surface area contributed by atoms with Gasteiger partial charge in [0.15, 0.2) is 5.65 Å². The minimum atomic E-state index is -4.17. The topological polar surface area (TPSA) is 227 Å². The summed E-state index contributed by atoms with van der Waals surface area (Å²) >= 11 is 0. The van der Waals surface area contributed by atoms with Crippen LogP contribution in [0.5, 0.6) is 5.88 Å². The number of hydrogen-bond donors (Lipinski definition) is 4. The number of nitro benzene ring substituents is 1. The van der Waals surface area contributed by atoms with E-state index in [1.54, 1.807) is 26.0 Å². The molecular weight excluding hydrogens is 598 g/mol. The van der Waals surface area contributed by atoms with Gasteiger partial charge in [-0.25, -0.2) is 18.2 Å². The predicted octanol–water partition coefficient (Wildman–Crippen LogP) is 1.49. The Morgan fingerprint density at radius 3 is 2.41 bits per heavy atom. The summed E-state index contributed by atoms with van der Waals surface area (Å²) in [5, 5.41) is 21.2. The van der Waals surface area contributed by atoms with Gasteiger partial charge in [0.05, 0.1) is 47.8 Å². The molecule has 0 bridgehead atoms. The van der Waals surface area contributed by atoms with Gasteiger partial charge in [-0.3, -0.25) is 15.4 Å². The number of hydrogen-bond acceptors (Lipinski definition) is 12. The van der Waals surface area contributed by atoms with Crippen LogP contribution in [0, 0.1) is 10.1 Å². The molecular formula is C27H33N7O9S. The number of aromatic amines is 1. The van der Waals surface area contributed by atoms with E-state index in [9.17, 15) is 27.9 Å². The van der Waals surface area contributed by atoms with Crippen molar-refractivity contribution in [3.05, 3.63) is 81.7 Å². The van der Waals surface area contributed by atoms with Gasteiger partial charge in [0.2, 0.25) is 11.8 Å². The molecule has 0 fully saturated rings. The van der Waals surface area contributed by atoms with Crippen LogP contribution in [0.4, 0.5) is 16.4 Å². The fourth-order valence-electron chi connectivity index (χ4n) is 3.86. The van der Waals surface area contributed by atoms with Crippen LogP contribution in [0.2, 0.25) is 0 Å². The molecule has 2 heterocycles. The number of ether oxygens (including phenoxy) is 2. The van der Waals surface area contributed by atoms with Crippen molar-refractivity contribution in [1.29, 1.82) is 0 Å². The predicted molar refractivity (Wildman–Crippen MR) is 157 cm³/mol. The fourth-order valence-corrected chi connectivity index (χ4v) is 4.08. The third-order valence-electron chi connectivity index (χ3n) is 5.85. The number of H-pyrrole nitrogens is 1. The van der Waals surface area contributed by atoms with Gasteiger partial charge in [-0.15, -0.1) is 0 Å². The number of quaternary nitrogens is 1. The number of aliphatic hydroxyl groups is 1. The van der Waals surface area contributed by atoms with E-state index in [0.717, 1.165) is 12.1 Å². The van der Waals surface area contributed by atoms with Crippen molar-refractivity contribution in [1.82, 2.24) is 19.9 Å². The number of imidazole rings is 1. The van der Waals surface area contributed by atoms with E-state index in [0.29, 0.717) is 16.7 Å². The van der Waals surface area contributed by atoms with Crippen LogP contribution in [0.1, 0.15) is 30.5 Å².